The number of anilines is 1. The maximum atomic E-state index is 12.4. The molecule has 1 aromatic carbocycles. The van der Waals surface area contributed by atoms with Gasteiger partial charge in [-0.1, -0.05) is 13.8 Å². The fraction of sp³-hybridized carbons (Fsp3) is 0.529. The van der Waals surface area contributed by atoms with Gasteiger partial charge in [-0.05, 0) is 36.1 Å². The third kappa shape index (κ3) is 4.69. The van der Waals surface area contributed by atoms with Crippen LogP contribution in [0.5, 0.6) is 0 Å². The first-order valence-corrected chi connectivity index (χ1v) is 7.86. The summed E-state index contributed by atoms with van der Waals surface area (Å²) in [4.78, 5) is 25.9. The number of carbonyl (C=O) groups excluding carboxylic acids is 2. The molecule has 0 unspecified atom stereocenters. The zero-order valence-corrected chi connectivity index (χ0v) is 13.9. The Morgan fingerprint density at radius 1 is 1.39 bits per heavy atom. The molecule has 6 heteroatoms. The van der Waals surface area contributed by atoms with Crippen LogP contribution >= 0.6 is 0 Å². The van der Waals surface area contributed by atoms with Gasteiger partial charge in [0.25, 0.3) is 5.91 Å². The van der Waals surface area contributed by atoms with Gasteiger partial charge in [-0.3, -0.25) is 10.1 Å². The SMILES string of the molecule is COCCN1CCc2cc(NC(=O)OCC(C)C)ccc2C1=O. The molecule has 1 N–H and O–H groups in total. The van der Waals surface area contributed by atoms with Crippen LogP contribution in [0.25, 0.3) is 0 Å². The minimum atomic E-state index is -0.470. The second-order valence-corrected chi connectivity index (χ2v) is 6.02. The summed E-state index contributed by atoms with van der Waals surface area (Å²) in [7, 11) is 1.62. The Balaban J connectivity index is 2.01. The van der Waals surface area contributed by atoms with E-state index in [0.717, 1.165) is 12.0 Å². The summed E-state index contributed by atoms with van der Waals surface area (Å²) < 4.78 is 10.1. The smallest absolute Gasteiger partial charge is 0.411 e. The van der Waals surface area contributed by atoms with Crippen LogP contribution in [0.1, 0.15) is 29.8 Å². The molecule has 0 atom stereocenters. The lowest BCUT2D eigenvalue weighted by atomic mass is 9.98. The Labute approximate surface area is 136 Å². The molecule has 1 heterocycles. The van der Waals surface area contributed by atoms with Gasteiger partial charge in [0.15, 0.2) is 0 Å². The molecule has 2 rings (SSSR count). The number of benzene rings is 1. The number of carbonyl (C=O) groups is 2. The van der Waals surface area contributed by atoms with Crippen molar-refractivity contribution in [2.45, 2.75) is 20.3 Å². The van der Waals surface area contributed by atoms with Crippen LogP contribution in [-0.4, -0.2) is 50.3 Å². The third-order valence-corrected chi connectivity index (χ3v) is 3.63. The van der Waals surface area contributed by atoms with Gasteiger partial charge in [0, 0.05) is 31.5 Å². The van der Waals surface area contributed by atoms with E-state index >= 15 is 0 Å². The van der Waals surface area contributed by atoms with Crippen molar-refractivity contribution in [3.63, 3.8) is 0 Å². The third-order valence-electron chi connectivity index (χ3n) is 3.63. The number of nitrogens with one attached hydrogen (secondary N) is 1. The van der Waals surface area contributed by atoms with Crippen LogP contribution < -0.4 is 5.32 Å². The van der Waals surface area contributed by atoms with Crippen LogP contribution in [0.15, 0.2) is 18.2 Å². The van der Waals surface area contributed by atoms with Crippen LogP contribution in [-0.2, 0) is 15.9 Å². The first kappa shape index (κ1) is 17.3. The monoisotopic (exact) mass is 320 g/mol. The molecule has 0 aromatic heterocycles. The second-order valence-electron chi connectivity index (χ2n) is 6.02. The van der Waals surface area contributed by atoms with Crippen molar-refractivity contribution in [1.29, 1.82) is 0 Å². The van der Waals surface area contributed by atoms with Crippen LogP contribution in [0, 0.1) is 5.92 Å². The van der Waals surface area contributed by atoms with Crippen LogP contribution in [0.4, 0.5) is 10.5 Å². The Morgan fingerprint density at radius 3 is 2.87 bits per heavy atom. The zero-order valence-electron chi connectivity index (χ0n) is 13.9. The topological polar surface area (TPSA) is 67.9 Å². The van der Waals surface area contributed by atoms with Crippen molar-refractivity contribution >= 4 is 17.7 Å². The quantitative estimate of drug-likeness (QED) is 0.874. The predicted octanol–water partition coefficient (Wildman–Crippen LogP) is 2.54. The summed E-state index contributed by atoms with van der Waals surface area (Å²) in [6.45, 7) is 6.12. The Morgan fingerprint density at radius 2 is 2.17 bits per heavy atom. The molecule has 1 aromatic rings. The molecule has 23 heavy (non-hydrogen) atoms. The van der Waals surface area contributed by atoms with Crippen molar-refractivity contribution in [3.05, 3.63) is 29.3 Å². The molecule has 0 bridgehead atoms. The lowest BCUT2D eigenvalue weighted by molar-refractivity contribution is 0.0679. The molecule has 0 saturated heterocycles. The minimum Gasteiger partial charge on any atom is -0.449 e. The standard InChI is InChI=1S/C17H24N2O4/c1-12(2)11-23-17(21)18-14-4-5-15-13(10-14)6-7-19(16(15)20)8-9-22-3/h4-5,10,12H,6-9,11H2,1-3H3,(H,18,21). The molecule has 1 aliphatic heterocycles. The van der Waals surface area contributed by atoms with Crippen molar-refractivity contribution < 1.29 is 19.1 Å². The fourth-order valence-corrected chi connectivity index (χ4v) is 2.43. The van der Waals surface area contributed by atoms with Crippen LogP contribution in [0.2, 0.25) is 0 Å². The number of hydrogen-bond donors (Lipinski definition) is 1. The highest BCUT2D eigenvalue weighted by atomic mass is 16.5. The number of hydrogen-bond acceptors (Lipinski definition) is 4. The zero-order chi connectivity index (χ0) is 16.8. The van der Waals surface area contributed by atoms with Crippen molar-refractivity contribution in [3.8, 4) is 0 Å². The van der Waals surface area contributed by atoms with E-state index in [-0.39, 0.29) is 5.91 Å². The van der Waals surface area contributed by atoms with Gasteiger partial charge in [-0.15, -0.1) is 0 Å². The summed E-state index contributed by atoms with van der Waals surface area (Å²) in [6, 6.07) is 5.33. The van der Waals surface area contributed by atoms with Gasteiger partial charge in [0.2, 0.25) is 0 Å². The largest absolute Gasteiger partial charge is 0.449 e. The van der Waals surface area contributed by atoms with E-state index in [2.05, 4.69) is 5.32 Å². The average molecular weight is 320 g/mol. The van der Waals surface area contributed by atoms with Gasteiger partial charge >= 0.3 is 6.09 Å². The highest BCUT2D eigenvalue weighted by Crippen LogP contribution is 2.22. The molecular weight excluding hydrogens is 296 g/mol. The molecule has 126 valence electrons. The van der Waals surface area contributed by atoms with Gasteiger partial charge in [0.05, 0.1) is 13.2 Å². The first-order chi connectivity index (χ1) is 11.0. The summed E-state index contributed by atoms with van der Waals surface area (Å²) in [5.74, 6) is 0.303. The molecule has 0 spiro atoms. The second kappa shape index (κ2) is 7.97. The summed E-state index contributed by atoms with van der Waals surface area (Å²) >= 11 is 0. The van der Waals surface area contributed by atoms with E-state index in [0.29, 0.717) is 43.5 Å². The minimum absolute atomic E-state index is 0.0113. The van der Waals surface area contributed by atoms with Gasteiger partial charge < -0.3 is 14.4 Å². The number of fused-ring (bicyclic) bond motifs is 1. The number of nitrogens with zero attached hydrogens (tertiary/aromatic N) is 1. The lowest BCUT2D eigenvalue weighted by Gasteiger charge is -2.28. The average Bonchev–Trinajstić information content (AvgIpc) is 2.52. The highest BCUT2D eigenvalue weighted by molar-refractivity contribution is 5.97. The van der Waals surface area contributed by atoms with E-state index in [4.69, 9.17) is 9.47 Å². The normalized spacial score (nSPS) is 13.9. The number of amides is 2. The van der Waals surface area contributed by atoms with Crippen molar-refractivity contribution in [1.82, 2.24) is 4.90 Å². The Bertz CT molecular complexity index is 572. The van der Waals surface area contributed by atoms with E-state index < -0.39 is 6.09 Å². The van der Waals surface area contributed by atoms with E-state index in [1.54, 1.807) is 24.1 Å². The molecular formula is C17H24N2O4. The predicted molar refractivity (Wildman–Crippen MR) is 87.7 cm³/mol. The molecule has 1 aliphatic rings. The maximum absolute atomic E-state index is 12.4. The van der Waals surface area contributed by atoms with Crippen molar-refractivity contribution in [2.75, 3.05) is 38.7 Å². The number of methoxy groups -OCH3 is 1. The van der Waals surface area contributed by atoms with E-state index in [1.807, 2.05) is 19.9 Å². The van der Waals surface area contributed by atoms with E-state index in [9.17, 15) is 9.59 Å². The fourth-order valence-electron chi connectivity index (χ4n) is 2.43. The molecule has 0 aliphatic carbocycles. The number of ether oxygens (including phenoxy) is 2. The van der Waals surface area contributed by atoms with Gasteiger partial charge in [0.1, 0.15) is 0 Å². The maximum Gasteiger partial charge on any atom is 0.411 e. The van der Waals surface area contributed by atoms with Crippen LogP contribution in [0.3, 0.4) is 0 Å². The van der Waals surface area contributed by atoms with E-state index in [1.165, 1.54) is 0 Å². The molecule has 0 radical (unpaired) electrons. The Kier molecular flexibility index (Phi) is 5.98. The summed E-state index contributed by atoms with van der Waals surface area (Å²) in [6.07, 6.45) is 0.295. The molecule has 2 amide bonds. The first-order valence-electron chi connectivity index (χ1n) is 7.86. The van der Waals surface area contributed by atoms with Gasteiger partial charge in [-0.25, -0.2) is 4.79 Å². The lowest BCUT2D eigenvalue weighted by Crippen LogP contribution is -2.39. The molecule has 0 saturated carbocycles. The number of rotatable bonds is 6. The Hall–Kier alpha value is -2.08. The molecule has 6 nitrogen and oxygen atoms in total. The van der Waals surface area contributed by atoms with Crippen molar-refractivity contribution in [2.24, 2.45) is 5.92 Å². The summed E-state index contributed by atoms with van der Waals surface area (Å²) in [5, 5.41) is 2.70. The summed E-state index contributed by atoms with van der Waals surface area (Å²) in [5.41, 5.74) is 2.29. The van der Waals surface area contributed by atoms with Gasteiger partial charge in [-0.2, -0.15) is 0 Å². The molecule has 0 fully saturated rings. The highest BCUT2D eigenvalue weighted by Gasteiger charge is 2.24.